The number of benzene rings is 1. The lowest BCUT2D eigenvalue weighted by molar-refractivity contribution is 0.415. The first-order valence-corrected chi connectivity index (χ1v) is 10.9. The molecule has 0 aliphatic carbocycles. The normalized spacial score (nSPS) is 17.9. The molecule has 160 valence electrons. The number of hydrogen-bond acceptors (Lipinski definition) is 4. The number of halogens is 1. The van der Waals surface area contributed by atoms with Crippen LogP contribution in [0.3, 0.4) is 0 Å². The minimum atomic E-state index is -0.154. The summed E-state index contributed by atoms with van der Waals surface area (Å²) in [6.07, 6.45) is 5.44. The molecule has 32 heavy (non-hydrogen) atoms. The molecule has 4 aromatic rings. The maximum Gasteiger partial charge on any atom is 0.174 e. The highest BCUT2D eigenvalue weighted by Gasteiger charge is 2.42. The second kappa shape index (κ2) is 8.61. The molecule has 0 amide bonds. The largest absolute Gasteiger partial charge is 0.497 e. The molecule has 5 rings (SSSR count). The highest BCUT2D eigenvalue weighted by molar-refractivity contribution is 7.80. The summed E-state index contributed by atoms with van der Waals surface area (Å²) >= 11 is 11.9. The smallest absolute Gasteiger partial charge is 0.174 e. The minimum absolute atomic E-state index is 0.147. The second-order valence-corrected chi connectivity index (χ2v) is 8.16. The number of hydrogen-bond donors (Lipinski definition) is 1. The Bertz CT molecular complexity index is 1230. The van der Waals surface area contributed by atoms with Gasteiger partial charge in [0.2, 0.25) is 0 Å². The summed E-state index contributed by atoms with van der Waals surface area (Å²) in [6, 6.07) is 21.3. The molecule has 3 aromatic heterocycles. The summed E-state index contributed by atoms with van der Waals surface area (Å²) in [4.78, 5) is 11.3. The quantitative estimate of drug-likeness (QED) is 0.417. The van der Waals surface area contributed by atoms with Crippen molar-refractivity contribution in [2.75, 3.05) is 12.0 Å². The van der Waals surface area contributed by atoms with Gasteiger partial charge in [0.05, 0.1) is 23.9 Å². The lowest BCUT2D eigenvalue weighted by Crippen LogP contribution is -2.30. The van der Waals surface area contributed by atoms with Crippen molar-refractivity contribution in [3.8, 4) is 11.6 Å². The number of aromatic nitrogens is 3. The van der Waals surface area contributed by atoms with Crippen molar-refractivity contribution in [3.63, 3.8) is 0 Å². The van der Waals surface area contributed by atoms with Gasteiger partial charge in [-0.25, -0.2) is 4.98 Å². The monoisotopic (exact) mass is 461 g/mol. The Morgan fingerprint density at radius 2 is 1.84 bits per heavy atom. The number of nitrogens with one attached hydrogen (secondary N) is 1. The van der Waals surface area contributed by atoms with Crippen molar-refractivity contribution in [1.82, 2.24) is 19.9 Å². The fraction of sp³-hybridized carbons (Fsp3) is 0.125. The van der Waals surface area contributed by atoms with Crippen LogP contribution in [0.2, 0.25) is 5.02 Å². The Labute approximate surface area is 196 Å². The number of rotatable bonds is 5. The molecule has 1 aromatic carbocycles. The first-order chi connectivity index (χ1) is 15.7. The van der Waals surface area contributed by atoms with E-state index in [0.29, 0.717) is 10.1 Å². The van der Waals surface area contributed by atoms with E-state index in [1.54, 1.807) is 19.5 Å². The van der Waals surface area contributed by atoms with Crippen LogP contribution in [0.4, 0.5) is 5.69 Å². The molecule has 0 spiro atoms. The molecule has 2 atom stereocenters. The SMILES string of the molecule is COc1ccc(N2C(=S)NC(c3ccccn3)C2c2cccn2-c2ccc(Cl)cn2)cc1. The average Bonchev–Trinajstić information content (AvgIpc) is 3.44. The lowest BCUT2D eigenvalue weighted by Gasteiger charge is -2.29. The fourth-order valence-corrected chi connectivity index (χ4v) is 4.49. The van der Waals surface area contributed by atoms with Gasteiger partial charge in [0.25, 0.3) is 0 Å². The summed E-state index contributed by atoms with van der Waals surface area (Å²) in [6.45, 7) is 0. The molecule has 1 aliphatic heterocycles. The summed E-state index contributed by atoms with van der Waals surface area (Å²) < 4.78 is 7.39. The molecule has 4 heterocycles. The van der Waals surface area contributed by atoms with E-state index in [0.717, 1.165) is 28.6 Å². The summed E-state index contributed by atoms with van der Waals surface area (Å²) in [5, 5.41) is 4.71. The van der Waals surface area contributed by atoms with E-state index in [1.165, 1.54) is 0 Å². The molecule has 1 fully saturated rings. The zero-order valence-corrected chi connectivity index (χ0v) is 18.8. The van der Waals surface area contributed by atoms with Crippen LogP contribution in [0, 0.1) is 0 Å². The van der Waals surface area contributed by atoms with E-state index < -0.39 is 0 Å². The lowest BCUT2D eigenvalue weighted by atomic mass is 10.0. The van der Waals surface area contributed by atoms with Crippen LogP contribution in [-0.2, 0) is 0 Å². The number of ether oxygens (including phenoxy) is 1. The van der Waals surface area contributed by atoms with E-state index in [2.05, 4.69) is 30.8 Å². The van der Waals surface area contributed by atoms with E-state index >= 15 is 0 Å². The predicted octanol–water partition coefficient (Wildman–Crippen LogP) is 5.11. The standard InChI is InChI=1S/C24H20ClN5OS/c1-31-18-10-8-17(9-11-18)30-23(22(28-24(30)32)19-5-2-3-13-26-19)20-6-4-14-29(20)21-12-7-16(25)15-27-21/h2-15,22-23H,1H3,(H,28,32). The molecule has 0 saturated carbocycles. The molecule has 1 saturated heterocycles. The number of thiocarbonyl (C=S) groups is 1. The molecule has 1 aliphatic rings. The minimum Gasteiger partial charge on any atom is -0.497 e. The Hall–Kier alpha value is -3.42. The number of methoxy groups -OCH3 is 1. The third-order valence-corrected chi connectivity index (χ3v) is 6.03. The summed E-state index contributed by atoms with van der Waals surface area (Å²) in [5.74, 6) is 1.57. The number of pyridine rings is 2. The Morgan fingerprint density at radius 1 is 1.00 bits per heavy atom. The maximum absolute atomic E-state index is 6.06. The van der Waals surface area contributed by atoms with Crippen molar-refractivity contribution < 1.29 is 4.74 Å². The summed E-state index contributed by atoms with van der Waals surface area (Å²) in [5.41, 5.74) is 2.90. The average molecular weight is 462 g/mol. The van der Waals surface area contributed by atoms with Gasteiger partial charge in [-0.15, -0.1) is 0 Å². The molecule has 6 nitrogen and oxygen atoms in total. The third kappa shape index (κ3) is 3.70. The van der Waals surface area contributed by atoms with Crippen LogP contribution in [0.1, 0.15) is 23.5 Å². The summed E-state index contributed by atoms with van der Waals surface area (Å²) in [7, 11) is 1.66. The van der Waals surface area contributed by atoms with Crippen molar-refractivity contribution >= 4 is 34.6 Å². The van der Waals surface area contributed by atoms with Gasteiger partial charge in [-0.2, -0.15) is 0 Å². The molecular weight excluding hydrogens is 442 g/mol. The van der Waals surface area contributed by atoms with Gasteiger partial charge in [-0.05, 0) is 72.9 Å². The number of nitrogens with zero attached hydrogens (tertiary/aromatic N) is 4. The zero-order valence-electron chi connectivity index (χ0n) is 17.2. The molecule has 1 N–H and O–H groups in total. The Kier molecular flexibility index (Phi) is 5.51. The molecule has 8 heteroatoms. The van der Waals surface area contributed by atoms with Crippen LogP contribution in [-0.4, -0.2) is 26.8 Å². The highest BCUT2D eigenvalue weighted by Crippen LogP contribution is 2.42. The maximum atomic E-state index is 6.06. The third-order valence-electron chi connectivity index (χ3n) is 5.49. The molecule has 2 unspecified atom stereocenters. The van der Waals surface area contributed by atoms with Crippen LogP contribution >= 0.6 is 23.8 Å². The van der Waals surface area contributed by atoms with Gasteiger partial charge < -0.3 is 19.5 Å². The fourth-order valence-electron chi connectivity index (χ4n) is 4.03. The van der Waals surface area contributed by atoms with Gasteiger partial charge in [0, 0.05) is 30.0 Å². The van der Waals surface area contributed by atoms with Crippen LogP contribution in [0.25, 0.3) is 5.82 Å². The topological polar surface area (TPSA) is 55.2 Å². The van der Waals surface area contributed by atoms with Crippen LogP contribution in [0.15, 0.2) is 85.3 Å². The Morgan fingerprint density at radius 3 is 2.53 bits per heavy atom. The zero-order chi connectivity index (χ0) is 22.1. The van der Waals surface area contributed by atoms with Crippen molar-refractivity contribution in [2.45, 2.75) is 12.1 Å². The van der Waals surface area contributed by atoms with Crippen molar-refractivity contribution in [2.24, 2.45) is 0 Å². The van der Waals surface area contributed by atoms with Gasteiger partial charge in [0.1, 0.15) is 17.6 Å². The van der Waals surface area contributed by atoms with E-state index in [-0.39, 0.29) is 12.1 Å². The molecule has 0 radical (unpaired) electrons. The predicted molar refractivity (Wildman–Crippen MR) is 129 cm³/mol. The molecule has 0 bridgehead atoms. The van der Waals surface area contributed by atoms with Gasteiger partial charge in [-0.1, -0.05) is 17.7 Å². The van der Waals surface area contributed by atoms with Gasteiger partial charge >= 0.3 is 0 Å². The Balaban J connectivity index is 1.64. The number of anilines is 1. The van der Waals surface area contributed by atoms with Gasteiger partial charge in [0.15, 0.2) is 5.11 Å². The van der Waals surface area contributed by atoms with Crippen LogP contribution < -0.4 is 15.0 Å². The van der Waals surface area contributed by atoms with E-state index in [9.17, 15) is 0 Å². The van der Waals surface area contributed by atoms with E-state index in [1.807, 2.05) is 66.9 Å². The van der Waals surface area contributed by atoms with Crippen LogP contribution in [0.5, 0.6) is 5.75 Å². The van der Waals surface area contributed by atoms with Crippen molar-refractivity contribution in [1.29, 1.82) is 0 Å². The highest BCUT2D eigenvalue weighted by atomic mass is 35.5. The van der Waals surface area contributed by atoms with E-state index in [4.69, 9.17) is 28.6 Å². The van der Waals surface area contributed by atoms with Gasteiger partial charge in [-0.3, -0.25) is 4.98 Å². The molecular formula is C24H20ClN5OS. The second-order valence-electron chi connectivity index (χ2n) is 7.33. The first kappa shape index (κ1) is 20.5. The van der Waals surface area contributed by atoms with Crippen molar-refractivity contribution in [3.05, 3.63) is 102 Å². The first-order valence-electron chi connectivity index (χ1n) is 10.1.